The van der Waals surface area contributed by atoms with Gasteiger partial charge in [-0.15, -0.1) is 11.3 Å². The zero-order valence-corrected chi connectivity index (χ0v) is 10.7. The third-order valence-corrected chi connectivity index (χ3v) is 3.23. The Morgan fingerprint density at radius 1 is 1.39 bits per heavy atom. The highest BCUT2D eigenvalue weighted by Crippen LogP contribution is 2.22. The van der Waals surface area contributed by atoms with Crippen molar-refractivity contribution in [1.82, 2.24) is 4.98 Å². The SMILES string of the molecule is CCOCc1nc(-c2ccc(C(=O)O)cc2)cs1. The molecule has 0 atom stereocenters. The first-order chi connectivity index (χ1) is 8.70. The number of nitrogens with zero attached hydrogens (tertiary/aromatic N) is 1. The van der Waals surface area contributed by atoms with Crippen molar-refractivity contribution < 1.29 is 14.6 Å². The molecule has 2 aromatic rings. The van der Waals surface area contributed by atoms with Crippen LogP contribution in [0.4, 0.5) is 0 Å². The molecule has 1 aromatic carbocycles. The minimum Gasteiger partial charge on any atom is -0.478 e. The Labute approximate surface area is 109 Å². The number of hydrogen-bond acceptors (Lipinski definition) is 4. The Balaban J connectivity index is 2.15. The molecular formula is C13H13NO3S. The Kier molecular flexibility index (Phi) is 4.07. The van der Waals surface area contributed by atoms with E-state index in [0.29, 0.717) is 13.2 Å². The molecule has 1 N–H and O–H groups in total. The number of ether oxygens (including phenoxy) is 1. The molecule has 0 amide bonds. The number of carboxylic acid groups (broad SMARTS) is 1. The highest BCUT2D eigenvalue weighted by molar-refractivity contribution is 7.09. The average molecular weight is 263 g/mol. The van der Waals surface area contributed by atoms with Crippen LogP contribution in [0.5, 0.6) is 0 Å². The van der Waals surface area contributed by atoms with E-state index < -0.39 is 5.97 Å². The predicted molar refractivity (Wildman–Crippen MR) is 69.8 cm³/mol. The van der Waals surface area contributed by atoms with E-state index in [9.17, 15) is 4.79 Å². The van der Waals surface area contributed by atoms with Crippen molar-refractivity contribution in [2.75, 3.05) is 6.61 Å². The summed E-state index contributed by atoms with van der Waals surface area (Å²) in [7, 11) is 0. The summed E-state index contributed by atoms with van der Waals surface area (Å²) < 4.78 is 5.29. The molecule has 4 nitrogen and oxygen atoms in total. The number of carboxylic acids is 1. The third kappa shape index (κ3) is 2.94. The summed E-state index contributed by atoms with van der Waals surface area (Å²) in [5.74, 6) is -0.920. The fourth-order valence-electron chi connectivity index (χ4n) is 1.48. The van der Waals surface area contributed by atoms with Crippen molar-refractivity contribution >= 4 is 17.3 Å². The van der Waals surface area contributed by atoms with Crippen LogP contribution in [0.15, 0.2) is 29.6 Å². The van der Waals surface area contributed by atoms with Gasteiger partial charge in [-0.3, -0.25) is 0 Å². The van der Waals surface area contributed by atoms with E-state index in [1.807, 2.05) is 12.3 Å². The molecule has 0 fully saturated rings. The first kappa shape index (κ1) is 12.7. The van der Waals surface area contributed by atoms with Gasteiger partial charge in [0.1, 0.15) is 5.01 Å². The zero-order chi connectivity index (χ0) is 13.0. The maximum Gasteiger partial charge on any atom is 0.335 e. The molecule has 0 radical (unpaired) electrons. The molecule has 1 aromatic heterocycles. The van der Waals surface area contributed by atoms with Gasteiger partial charge in [0, 0.05) is 17.6 Å². The highest BCUT2D eigenvalue weighted by Gasteiger charge is 2.06. The summed E-state index contributed by atoms with van der Waals surface area (Å²) in [4.78, 5) is 15.2. The number of rotatable bonds is 5. The van der Waals surface area contributed by atoms with E-state index in [1.54, 1.807) is 35.6 Å². The largest absolute Gasteiger partial charge is 0.478 e. The van der Waals surface area contributed by atoms with Crippen molar-refractivity contribution in [3.05, 3.63) is 40.2 Å². The quantitative estimate of drug-likeness (QED) is 0.900. The molecule has 0 saturated heterocycles. The van der Waals surface area contributed by atoms with Gasteiger partial charge in [-0.2, -0.15) is 0 Å². The summed E-state index contributed by atoms with van der Waals surface area (Å²) in [5.41, 5.74) is 2.05. The van der Waals surface area contributed by atoms with Gasteiger partial charge in [0.05, 0.1) is 17.9 Å². The van der Waals surface area contributed by atoms with Crippen molar-refractivity contribution in [2.24, 2.45) is 0 Å². The third-order valence-electron chi connectivity index (χ3n) is 2.41. The second-order valence-corrected chi connectivity index (χ2v) is 4.59. The van der Waals surface area contributed by atoms with Crippen LogP contribution in [-0.4, -0.2) is 22.7 Å². The van der Waals surface area contributed by atoms with Gasteiger partial charge in [0.15, 0.2) is 0 Å². The highest BCUT2D eigenvalue weighted by atomic mass is 32.1. The molecule has 94 valence electrons. The summed E-state index contributed by atoms with van der Waals surface area (Å²) >= 11 is 1.54. The number of benzene rings is 1. The van der Waals surface area contributed by atoms with Crippen molar-refractivity contribution in [3.8, 4) is 11.3 Å². The van der Waals surface area contributed by atoms with Crippen molar-refractivity contribution in [3.63, 3.8) is 0 Å². The van der Waals surface area contributed by atoms with Crippen LogP contribution in [0, 0.1) is 0 Å². The van der Waals surface area contributed by atoms with E-state index in [-0.39, 0.29) is 5.56 Å². The molecule has 0 unspecified atom stereocenters. The molecule has 0 saturated carbocycles. The van der Waals surface area contributed by atoms with Gasteiger partial charge in [-0.1, -0.05) is 12.1 Å². The number of hydrogen-bond donors (Lipinski definition) is 1. The lowest BCUT2D eigenvalue weighted by atomic mass is 10.1. The smallest absolute Gasteiger partial charge is 0.335 e. The fraction of sp³-hybridized carbons (Fsp3) is 0.231. The standard InChI is InChI=1S/C13H13NO3S/c1-2-17-7-12-14-11(8-18-12)9-3-5-10(6-4-9)13(15)16/h3-6,8H,2,7H2,1H3,(H,15,16). The lowest BCUT2D eigenvalue weighted by Gasteiger charge is -1.98. The zero-order valence-electron chi connectivity index (χ0n) is 9.92. The second-order valence-electron chi connectivity index (χ2n) is 3.65. The van der Waals surface area contributed by atoms with Gasteiger partial charge < -0.3 is 9.84 Å². The van der Waals surface area contributed by atoms with Gasteiger partial charge in [0.25, 0.3) is 0 Å². The Hall–Kier alpha value is -1.72. The number of thiazole rings is 1. The van der Waals surface area contributed by atoms with Crippen LogP contribution in [0.25, 0.3) is 11.3 Å². The molecular weight excluding hydrogens is 250 g/mol. The Morgan fingerprint density at radius 3 is 2.72 bits per heavy atom. The minimum atomic E-state index is -0.920. The molecule has 2 rings (SSSR count). The first-order valence-corrected chi connectivity index (χ1v) is 6.44. The lowest BCUT2D eigenvalue weighted by Crippen LogP contribution is -1.95. The Bertz CT molecular complexity index is 533. The van der Waals surface area contributed by atoms with Gasteiger partial charge in [0.2, 0.25) is 0 Å². The van der Waals surface area contributed by atoms with E-state index in [1.165, 1.54) is 0 Å². The van der Waals surface area contributed by atoms with Crippen LogP contribution in [0.1, 0.15) is 22.3 Å². The second kappa shape index (κ2) is 5.75. The number of carbonyl (C=O) groups is 1. The fourth-order valence-corrected chi connectivity index (χ4v) is 2.22. The first-order valence-electron chi connectivity index (χ1n) is 5.56. The van der Waals surface area contributed by atoms with Crippen molar-refractivity contribution in [2.45, 2.75) is 13.5 Å². The van der Waals surface area contributed by atoms with E-state index >= 15 is 0 Å². The maximum atomic E-state index is 10.7. The Morgan fingerprint density at radius 2 is 2.11 bits per heavy atom. The van der Waals surface area contributed by atoms with Crippen LogP contribution >= 0.6 is 11.3 Å². The minimum absolute atomic E-state index is 0.281. The maximum absolute atomic E-state index is 10.7. The van der Waals surface area contributed by atoms with E-state index in [4.69, 9.17) is 9.84 Å². The predicted octanol–water partition coefficient (Wildman–Crippen LogP) is 3.04. The summed E-state index contributed by atoms with van der Waals surface area (Å²) in [5, 5.41) is 11.7. The van der Waals surface area contributed by atoms with Crippen LogP contribution in [-0.2, 0) is 11.3 Å². The number of aromatic nitrogens is 1. The van der Waals surface area contributed by atoms with Gasteiger partial charge in [-0.25, -0.2) is 9.78 Å². The molecule has 0 bridgehead atoms. The molecule has 18 heavy (non-hydrogen) atoms. The van der Waals surface area contributed by atoms with Crippen molar-refractivity contribution in [1.29, 1.82) is 0 Å². The van der Waals surface area contributed by atoms with Gasteiger partial charge in [-0.05, 0) is 19.1 Å². The van der Waals surface area contributed by atoms with E-state index in [0.717, 1.165) is 16.3 Å². The lowest BCUT2D eigenvalue weighted by molar-refractivity contribution is 0.0697. The molecule has 0 aliphatic rings. The summed E-state index contributed by atoms with van der Waals surface area (Å²) in [6.45, 7) is 3.13. The van der Waals surface area contributed by atoms with Crippen LogP contribution < -0.4 is 0 Å². The van der Waals surface area contributed by atoms with Crippen LogP contribution in [0.3, 0.4) is 0 Å². The normalized spacial score (nSPS) is 10.5. The monoisotopic (exact) mass is 263 g/mol. The molecule has 0 spiro atoms. The molecule has 0 aliphatic carbocycles. The van der Waals surface area contributed by atoms with E-state index in [2.05, 4.69) is 4.98 Å². The molecule has 5 heteroatoms. The topological polar surface area (TPSA) is 59.4 Å². The molecule has 1 heterocycles. The summed E-state index contributed by atoms with van der Waals surface area (Å²) in [6, 6.07) is 6.70. The summed E-state index contributed by atoms with van der Waals surface area (Å²) in [6.07, 6.45) is 0. The molecule has 0 aliphatic heterocycles. The number of aromatic carboxylic acids is 1. The van der Waals surface area contributed by atoms with Gasteiger partial charge >= 0.3 is 5.97 Å². The average Bonchev–Trinajstić information content (AvgIpc) is 2.85. The van der Waals surface area contributed by atoms with Crippen LogP contribution in [0.2, 0.25) is 0 Å².